The lowest BCUT2D eigenvalue weighted by Gasteiger charge is -2.17. The number of imidazole rings is 1. The number of fused-ring (bicyclic) bond motifs is 4. The standard InChI is InChI=1S/C15H11ClN2/c16-12-6-3-9-18-14-11-5-2-1-4-10(11)7-8-13(14)17-15(12)18/h1-6,8-10H,7H2. The lowest BCUT2D eigenvalue weighted by Crippen LogP contribution is -2.34. The van der Waals surface area contributed by atoms with Crippen LogP contribution in [0, 0.1) is 5.92 Å². The maximum Gasteiger partial charge on any atom is 0.156 e. The van der Waals surface area contributed by atoms with Crippen molar-refractivity contribution in [3.05, 3.63) is 58.4 Å². The highest BCUT2D eigenvalue weighted by atomic mass is 35.5. The molecule has 0 radical (unpaired) electrons. The van der Waals surface area contributed by atoms with Crippen LogP contribution in [0.4, 0.5) is 0 Å². The van der Waals surface area contributed by atoms with E-state index in [9.17, 15) is 0 Å². The van der Waals surface area contributed by atoms with Crippen molar-refractivity contribution in [3.8, 4) is 0 Å². The summed E-state index contributed by atoms with van der Waals surface area (Å²) in [5.41, 5.74) is 2.18. The highest BCUT2D eigenvalue weighted by Crippen LogP contribution is 2.24. The predicted molar refractivity (Wildman–Crippen MR) is 73.7 cm³/mol. The molecule has 3 heteroatoms. The lowest BCUT2D eigenvalue weighted by molar-refractivity contribution is 0.849. The van der Waals surface area contributed by atoms with Gasteiger partial charge in [-0.1, -0.05) is 42.0 Å². The first-order chi connectivity index (χ1) is 8.84. The van der Waals surface area contributed by atoms with Gasteiger partial charge in [0.25, 0.3) is 0 Å². The zero-order valence-electron chi connectivity index (χ0n) is 9.68. The van der Waals surface area contributed by atoms with Crippen LogP contribution >= 0.6 is 11.6 Å². The van der Waals surface area contributed by atoms with Crippen molar-refractivity contribution in [2.24, 2.45) is 5.92 Å². The summed E-state index contributed by atoms with van der Waals surface area (Å²) in [6.45, 7) is 0. The van der Waals surface area contributed by atoms with E-state index in [-0.39, 0.29) is 0 Å². The molecule has 1 atom stereocenters. The Morgan fingerprint density at radius 2 is 2.28 bits per heavy atom. The summed E-state index contributed by atoms with van der Waals surface area (Å²) < 4.78 is 2.10. The molecule has 2 aliphatic carbocycles. The number of hydrogen-bond donors (Lipinski definition) is 0. The smallest absolute Gasteiger partial charge is 0.156 e. The molecule has 0 aromatic carbocycles. The average Bonchev–Trinajstić information content (AvgIpc) is 2.79. The third-order valence-electron chi connectivity index (χ3n) is 3.60. The molecule has 88 valence electrons. The number of halogens is 1. The Morgan fingerprint density at radius 3 is 3.22 bits per heavy atom. The summed E-state index contributed by atoms with van der Waals surface area (Å²) in [5.74, 6) is 0.474. The molecule has 0 saturated heterocycles. The molecule has 0 bridgehead atoms. The first kappa shape index (κ1) is 10.2. The van der Waals surface area contributed by atoms with Crippen LogP contribution in [-0.4, -0.2) is 9.38 Å². The van der Waals surface area contributed by atoms with Crippen LogP contribution < -0.4 is 10.7 Å². The van der Waals surface area contributed by atoms with Crippen molar-refractivity contribution in [3.63, 3.8) is 0 Å². The van der Waals surface area contributed by atoms with Gasteiger partial charge in [-0.2, -0.15) is 0 Å². The Bertz CT molecular complexity index is 824. The van der Waals surface area contributed by atoms with Gasteiger partial charge in [-0.15, -0.1) is 0 Å². The fourth-order valence-electron chi connectivity index (χ4n) is 2.76. The van der Waals surface area contributed by atoms with E-state index in [0.717, 1.165) is 17.4 Å². The first-order valence-corrected chi connectivity index (χ1v) is 6.44. The fraction of sp³-hybridized carbons (Fsp3) is 0.133. The molecule has 2 aromatic rings. The summed E-state index contributed by atoms with van der Waals surface area (Å²) in [5, 5.41) is 2.94. The molecule has 0 saturated carbocycles. The molecule has 0 spiro atoms. The van der Waals surface area contributed by atoms with E-state index < -0.39 is 0 Å². The SMILES string of the molecule is Clc1cccn2c3c(nc12)=CCC1C=CC=CC=31. The van der Waals surface area contributed by atoms with Crippen molar-refractivity contribution in [2.45, 2.75) is 6.42 Å². The maximum absolute atomic E-state index is 6.21. The van der Waals surface area contributed by atoms with Gasteiger partial charge in [-0.05, 0) is 24.1 Å². The summed E-state index contributed by atoms with van der Waals surface area (Å²) in [6.07, 6.45) is 13.9. The summed E-state index contributed by atoms with van der Waals surface area (Å²) in [6, 6.07) is 3.85. The third kappa shape index (κ3) is 1.27. The zero-order chi connectivity index (χ0) is 12.1. The van der Waals surface area contributed by atoms with E-state index >= 15 is 0 Å². The van der Waals surface area contributed by atoms with E-state index in [2.05, 4.69) is 39.8 Å². The van der Waals surface area contributed by atoms with Gasteiger partial charge in [-0.25, -0.2) is 4.98 Å². The van der Waals surface area contributed by atoms with Gasteiger partial charge in [-0.3, -0.25) is 4.40 Å². The van der Waals surface area contributed by atoms with E-state index in [4.69, 9.17) is 11.6 Å². The topological polar surface area (TPSA) is 17.3 Å². The van der Waals surface area contributed by atoms with E-state index in [1.165, 1.54) is 10.9 Å². The zero-order valence-corrected chi connectivity index (χ0v) is 10.4. The third-order valence-corrected chi connectivity index (χ3v) is 3.89. The minimum Gasteiger partial charge on any atom is -0.298 e. The van der Waals surface area contributed by atoms with Crippen molar-refractivity contribution in [1.29, 1.82) is 0 Å². The Balaban J connectivity index is 2.26. The molecule has 18 heavy (non-hydrogen) atoms. The van der Waals surface area contributed by atoms with Crippen LogP contribution in [-0.2, 0) is 0 Å². The predicted octanol–water partition coefficient (Wildman–Crippen LogP) is 2.06. The molecule has 0 aliphatic heterocycles. The van der Waals surface area contributed by atoms with Crippen molar-refractivity contribution in [2.75, 3.05) is 0 Å². The van der Waals surface area contributed by atoms with Crippen LogP contribution in [0.3, 0.4) is 0 Å². The number of pyridine rings is 1. The summed E-state index contributed by atoms with van der Waals surface area (Å²) in [4.78, 5) is 4.64. The molecule has 2 aromatic heterocycles. The second kappa shape index (κ2) is 3.59. The highest BCUT2D eigenvalue weighted by molar-refractivity contribution is 6.33. The number of allylic oxidation sites excluding steroid dienone is 4. The van der Waals surface area contributed by atoms with Gasteiger partial charge in [0.2, 0.25) is 0 Å². The second-order valence-corrected chi connectivity index (χ2v) is 5.05. The molecule has 2 heterocycles. The van der Waals surface area contributed by atoms with Crippen molar-refractivity contribution >= 4 is 28.9 Å². The molecule has 2 nitrogen and oxygen atoms in total. The largest absolute Gasteiger partial charge is 0.298 e. The number of hydrogen-bond acceptors (Lipinski definition) is 1. The highest BCUT2D eigenvalue weighted by Gasteiger charge is 2.18. The quantitative estimate of drug-likeness (QED) is 0.704. The number of aromatic nitrogens is 2. The Labute approximate surface area is 109 Å². The molecule has 2 aliphatic rings. The van der Waals surface area contributed by atoms with Crippen LogP contribution in [0.25, 0.3) is 17.3 Å². The van der Waals surface area contributed by atoms with Gasteiger partial charge >= 0.3 is 0 Å². The Hall–Kier alpha value is -1.80. The van der Waals surface area contributed by atoms with E-state index in [1.807, 2.05) is 18.3 Å². The van der Waals surface area contributed by atoms with Crippen LogP contribution in [0.5, 0.6) is 0 Å². The van der Waals surface area contributed by atoms with Gasteiger partial charge < -0.3 is 0 Å². The molecule has 0 amide bonds. The molecule has 1 unspecified atom stereocenters. The molecule has 0 N–H and O–H groups in total. The Kier molecular flexibility index (Phi) is 2.03. The van der Waals surface area contributed by atoms with Crippen LogP contribution in [0.15, 0.2) is 42.6 Å². The van der Waals surface area contributed by atoms with Gasteiger partial charge in [0.1, 0.15) is 0 Å². The molecular formula is C15H11ClN2. The van der Waals surface area contributed by atoms with Crippen LogP contribution in [0.2, 0.25) is 5.02 Å². The van der Waals surface area contributed by atoms with Gasteiger partial charge in [0, 0.05) is 12.1 Å². The lowest BCUT2D eigenvalue weighted by atomic mass is 9.88. The minimum atomic E-state index is 0.474. The van der Waals surface area contributed by atoms with Gasteiger partial charge in [0.05, 0.1) is 15.7 Å². The molecular weight excluding hydrogens is 244 g/mol. The first-order valence-electron chi connectivity index (χ1n) is 6.06. The van der Waals surface area contributed by atoms with Crippen molar-refractivity contribution in [1.82, 2.24) is 9.38 Å². The summed E-state index contributed by atoms with van der Waals surface area (Å²) >= 11 is 6.21. The average molecular weight is 255 g/mol. The maximum atomic E-state index is 6.21. The molecule has 4 rings (SSSR count). The number of rotatable bonds is 0. The normalized spacial score (nSPS) is 20.7. The monoisotopic (exact) mass is 254 g/mol. The second-order valence-electron chi connectivity index (χ2n) is 4.64. The molecule has 0 fully saturated rings. The number of nitrogens with zero attached hydrogens (tertiary/aromatic N) is 2. The Morgan fingerprint density at radius 1 is 1.33 bits per heavy atom. The van der Waals surface area contributed by atoms with Crippen molar-refractivity contribution < 1.29 is 0 Å². The summed E-state index contributed by atoms with van der Waals surface area (Å²) in [7, 11) is 0. The minimum absolute atomic E-state index is 0.474. The van der Waals surface area contributed by atoms with E-state index in [1.54, 1.807) is 0 Å². The van der Waals surface area contributed by atoms with Crippen LogP contribution in [0.1, 0.15) is 6.42 Å². The van der Waals surface area contributed by atoms with Gasteiger partial charge in [0.15, 0.2) is 5.65 Å². The fourth-order valence-corrected chi connectivity index (χ4v) is 2.97. The van der Waals surface area contributed by atoms with E-state index in [0.29, 0.717) is 10.9 Å².